The molecule has 12 heteroatoms. The molecule has 2 amide bonds. The van der Waals surface area contributed by atoms with Crippen LogP contribution in [0.5, 0.6) is 0 Å². The molecule has 34 heavy (non-hydrogen) atoms. The highest BCUT2D eigenvalue weighted by atomic mass is 35.5. The first-order valence-electron chi connectivity index (χ1n) is 10.4. The molecule has 0 aliphatic rings. The molecule has 0 saturated carbocycles. The SMILES string of the molecule is CC(NC(=O)c1ncnc2c1ccn2C)c1ncc(C(=O)Nc2ncc(Cl)c(C(C)(C)C)n2)s1. The molecule has 1 atom stereocenters. The summed E-state index contributed by atoms with van der Waals surface area (Å²) >= 11 is 7.37. The van der Waals surface area contributed by atoms with E-state index >= 15 is 0 Å². The minimum atomic E-state index is -0.438. The van der Waals surface area contributed by atoms with E-state index in [0.29, 0.717) is 31.6 Å². The lowest BCUT2D eigenvalue weighted by Crippen LogP contribution is -2.27. The number of carbonyl (C=O) groups excluding carboxylic acids is 2. The summed E-state index contributed by atoms with van der Waals surface area (Å²) < 4.78 is 1.82. The number of nitrogens with zero attached hydrogens (tertiary/aromatic N) is 6. The van der Waals surface area contributed by atoms with Crippen molar-refractivity contribution in [1.29, 1.82) is 0 Å². The van der Waals surface area contributed by atoms with Crippen molar-refractivity contribution < 1.29 is 9.59 Å². The van der Waals surface area contributed by atoms with Crippen molar-refractivity contribution >= 4 is 51.7 Å². The number of hydrogen-bond donors (Lipinski definition) is 2. The van der Waals surface area contributed by atoms with Crippen LogP contribution in [0.2, 0.25) is 5.02 Å². The second-order valence-corrected chi connectivity index (χ2v) is 10.2. The van der Waals surface area contributed by atoms with Gasteiger partial charge in [0.25, 0.3) is 11.8 Å². The van der Waals surface area contributed by atoms with Crippen LogP contribution in [0, 0.1) is 0 Å². The summed E-state index contributed by atoms with van der Waals surface area (Å²) in [7, 11) is 1.85. The summed E-state index contributed by atoms with van der Waals surface area (Å²) in [5.74, 6) is -0.589. The van der Waals surface area contributed by atoms with Gasteiger partial charge in [-0.15, -0.1) is 11.3 Å². The maximum atomic E-state index is 12.8. The molecule has 4 aromatic heterocycles. The van der Waals surface area contributed by atoms with E-state index in [0.717, 1.165) is 0 Å². The fraction of sp³-hybridized carbons (Fsp3) is 0.318. The van der Waals surface area contributed by atoms with Crippen LogP contribution in [0.15, 0.2) is 31.0 Å². The fourth-order valence-corrected chi connectivity index (χ4v) is 4.48. The molecule has 0 aromatic carbocycles. The van der Waals surface area contributed by atoms with Crippen LogP contribution in [-0.2, 0) is 12.5 Å². The molecule has 2 N–H and O–H groups in total. The van der Waals surface area contributed by atoms with E-state index in [1.165, 1.54) is 30.1 Å². The van der Waals surface area contributed by atoms with Gasteiger partial charge in [-0.1, -0.05) is 32.4 Å². The Kier molecular flexibility index (Phi) is 6.32. The number of fused-ring (bicyclic) bond motifs is 1. The molecule has 4 aromatic rings. The molecule has 0 saturated heterocycles. The van der Waals surface area contributed by atoms with Crippen molar-refractivity contribution in [2.75, 3.05) is 5.32 Å². The normalized spacial score (nSPS) is 12.5. The number of aryl methyl sites for hydroxylation is 1. The molecule has 0 spiro atoms. The van der Waals surface area contributed by atoms with Crippen LogP contribution in [0.3, 0.4) is 0 Å². The van der Waals surface area contributed by atoms with E-state index < -0.39 is 11.9 Å². The van der Waals surface area contributed by atoms with Crippen LogP contribution < -0.4 is 10.6 Å². The third kappa shape index (κ3) is 4.75. The summed E-state index contributed by atoms with van der Waals surface area (Å²) in [6, 6.07) is 1.36. The number of anilines is 1. The van der Waals surface area contributed by atoms with Gasteiger partial charge >= 0.3 is 0 Å². The quantitative estimate of drug-likeness (QED) is 0.427. The summed E-state index contributed by atoms with van der Waals surface area (Å²) in [5, 5.41) is 7.24. The lowest BCUT2D eigenvalue weighted by Gasteiger charge is -2.19. The van der Waals surface area contributed by atoms with Gasteiger partial charge in [0.15, 0.2) is 0 Å². The lowest BCUT2D eigenvalue weighted by atomic mass is 9.92. The maximum absolute atomic E-state index is 12.8. The van der Waals surface area contributed by atoms with E-state index in [1.807, 2.05) is 38.6 Å². The molecule has 10 nitrogen and oxygen atoms in total. The van der Waals surface area contributed by atoms with Gasteiger partial charge in [0, 0.05) is 18.7 Å². The zero-order chi connectivity index (χ0) is 24.6. The number of hydrogen-bond acceptors (Lipinski definition) is 8. The Balaban J connectivity index is 1.46. The van der Waals surface area contributed by atoms with Crippen LogP contribution in [0.4, 0.5) is 5.95 Å². The van der Waals surface area contributed by atoms with Crippen LogP contribution in [-0.4, -0.2) is 41.3 Å². The van der Waals surface area contributed by atoms with Crippen molar-refractivity contribution in [2.45, 2.75) is 39.2 Å². The predicted molar refractivity (Wildman–Crippen MR) is 130 cm³/mol. The van der Waals surface area contributed by atoms with Gasteiger partial charge in [-0.05, 0) is 13.0 Å². The van der Waals surface area contributed by atoms with Crippen LogP contribution >= 0.6 is 22.9 Å². The minimum Gasteiger partial charge on any atom is -0.342 e. The standard InChI is InChI=1S/C22H23ClN8O2S/c1-11(28-19(33)15-12-6-7-31(5)17(12)27-10-26-15)20-24-9-14(34-20)18(32)30-21-25-8-13(23)16(29-21)22(2,3)4/h6-11H,1-5H3,(H,28,33)(H,25,29,30,32). The zero-order valence-electron chi connectivity index (χ0n) is 19.3. The zero-order valence-corrected chi connectivity index (χ0v) is 20.8. The van der Waals surface area contributed by atoms with E-state index in [9.17, 15) is 9.59 Å². The first kappa shape index (κ1) is 23.7. The summed E-state index contributed by atoms with van der Waals surface area (Å²) in [6.45, 7) is 7.71. The highest BCUT2D eigenvalue weighted by molar-refractivity contribution is 7.13. The Morgan fingerprint density at radius 3 is 2.62 bits per heavy atom. The molecule has 0 aliphatic carbocycles. The monoisotopic (exact) mass is 498 g/mol. The lowest BCUT2D eigenvalue weighted by molar-refractivity contribution is 0.0936. The number of nitrogens with one attached hydrogen (secondary N) is 2. The third-order valence-corrected chi connectivity index (χ3v) is 6.48. The van der Waals surface area contributed by atoms with E-state index in [4.69, 9.17) is 11.6 Å². The molecule has 0 radical (unpaired) electrons. The molecule has 0 bridgehead atoms. The molecule has 1 unspecified atom stereocenters. The number of aromatic nitrogens is 6. The number of halogens is 1. The Hall–Kier alpha value is -3.44. The van der Waals surface area contributed by atoms with E-state index in [1.54, 1.807) is 13.0 Å². The highest BCUT2D eigenvalue weighted by Crippen LogP contribution is 2.28. The van der Waals surface area contributed by atoms with Crippen molar-refractivity contribution in [1.82, 2.24) is 34.8 Å². The molecule has 0 aliphatic heterocycles. The van der Waals surface area contributed by atoms with Gasteiger partial charge in [-0.3, -0.25) is 14.9 Å². The van der Waals surface area contributed by atoms with Crippen molar-refractivity contribution in [3.05, 3.63) is 57.3 Å². The van der Waals surface area contributed by atoms with Crippen LogP contribution in [0.1, 0.15) is 64.6 Å². The van der Waals surface area contributed by atoms with Gasteiger partial charge in [-0.2, -0.15) is 0 Å². The summed E-state index contributed by atoms with van der Waals surface area (Å²) in [4.78, 5) is 47.1. The number of rotatable bonds is 5. The second-order valence-electron chi connectivity index (χ2n) is 8.74. The average Bonchev–Trinajstić information content (AvgIpc) is 3.42. The Labute approximate surface area is 204 Å². The first-order valence-corrected chi connectivity index (χ1v) is 11.6. The van der Waals surface area contributed by atoms with E-state index in [2.05, 4.69) is 35.6 Å². The summed E-state index contributed by atoms with van der Waals surface area (Å²) in [6.07, 6.45) is 6.10. The minimum absolute atomic E-state index is 0.159. The third-order valence-electron chi connectivity index (χ3n) is 5.02. The van der Waals surface area contributed by atoms with Crippen LogP contribution in [0.25, 0.3) is 11.0 Å². The van der Waals surface area contributed by atoms with Crippen molar-refractivity contribution in [3.8, 4) is 0 Å². The largest absolute Gasteiger partial charge is 0.342 e. The van der Waals surface area contributed by atoms with Gasteiger partial charge in [0.05, 0.1) is 34.5 Å². The number of carbonyl (C=O) groups is 2. The topological polar surface area (TPSA) is 128 Å². The predicted octanol–water partition coefficient (Wildman–Crippen LogP) is 3.91. The highest BCUT2D eigenvalue weighted by Gasteiger charge is 2.23. The molecule has 176 valence electrons. The number of thiazole rings is 1. The maximum Gasteiger partial charge on any atom is 0.271 e. The summed E-state index contributed by atoms with van der Waals surface area (Å²) in [5.41, 5.74) is 1.28. The van der Waals surface area contributed by atoms with Crippen molar-refractivity contribution in [2.24, 2.45) is 7.05 Å². The molecule has 4 heterocycles. The molecular weight excluding hydrogens is 476 g/mol. The molecular formula is C22H23ClN8O2S. The Morgan fingerprint density at radius 2 is 1.88 bits per heavy atom. The average molecular weight is 499 g/mol. The Bertz CT molecular complexity index is 1390. The van der Waals surface area contributed by atoms with Gasteiger partial charge in [0.2, 0.25) is 5.95 Å². The van der Waals surface area contributed by atoms with E-state index in [-0.39, 0.29) is 23.0 Å². The van der Waals surface area contributed by atoms with Crippen molar-refractivity contribution in [3.63, 3.8) is 0 Å². The molecule has 4 rings (SSSR count). The molecule has 0 fully saturated rings. The second kappa shape index (κ2) is 9.07. The first-order chi connectivity index (χ1) is 16.0. The van der Waals surface area contributed by atoms with Gasteiger partial charge < -0.3 is 9.88 Å². The van der Waals surface area contributed by atoms with Gasteiger partial charge in [0.1, 0.15) is 27.6 Å². The van der Waals surface area contributed by atoms with Gasteiger partial charge in [-0.25, -0.2) is 24.9 Å². The number of amides is 2. The fourth-order valence-electron chi connectivity index (χ4n) is 3.29. The smallest absolute Gasteiger partial charge is 0.271 e. The Morgan fingerprint density at radius 1 is 1.12 bits per heavy atom.